The van der Waals surface area contributed by atoms with E-state index in [2.05, 4.69) is 5.32 Å². The highest BCUT2D eigenvalue weighted by Gasteiger charge is 2.13. The predicted molar refractivity (Wildman–Crippen MR) is 136 cm³/mol. The van der Waals surface area contributed by atoms with Gasteiger partial charge in [0.2, 0.25) is 0 Å². The Hall–Kier alpha value is -4.97. The molecule has 0 saturated heterocycles. The van der Waals surface area contributed by atoms with Gasteiger partial charge in [0.05, 0.1) is 26.9 Å². The molecule has 0 radical (unpaired) electrons. The number of carboxylic acids is 1. The molecule has 0 heterocycles. The molecule has 0 fully saturated rings. The average Bonchev–Trinajstić information content (AvgIpc) is 2.93. The van der Waals surface area contributed by atoms with E-state index >= 15 is 0 Å². The number of ether oxygens (including phenoxy) is 4. The third-order valence-electron chi connectivity index (χ3n) is 5.39. The van der Waals surface area contributed by atoms with Gasteiger partial charge in [0.15, 0.2) is 11.5 Å². The van der Waals surface area contributed by atoms with Crippen LogP contribution in [0.3, 0.4) is 0 Å². The summed E-state index contributed by atoms with van der Waals surface area (Å²) in [6.07, 6.45) is 1.46. The molecule has 3 aromatic carbocycles. The van der Waals surface area contributed by atoms with Crippen LogP contribution < -0.4 is 24.3 Å². The summed E-state index contributed by atoms with van der Waals surface area (Å²) in [7, 11) is 4.56. The second-order valence-corrected chi connectivity index (χ2v) is 7.73. The molecule has 37 heavy (non-hydrogen) atoms. The maximum atomic E-state index is 12.7. The minimum absolute atomic E-state index is 0.0817. The van der Waals surface area contributed by atoms with E-state index < -0.39 is 11.9 Å². The normalized spacial score (nSPS) is 10.7. The zero-order valence-electron chi connectivity index (χ0n) is 20.6. The molecule has 0 aliphatic rings. The molecule has 0 unspecified atom stereocenters. The summed E-state index contributed by atoms with van der Waals surface area (Å²) in [6.45, 7) is 0.362. The monoisotopic (exact) mass is 502 g/mol. The molecule has 3 rings (SSSR count). The van der Waals surface area contributed by atoms with E-state index in [0.717, 1.165) is 11.1 Å². The third-order valence-corrected chi connectivity index (χ3v) is 5.39. The Morgan fingerprint density at radius 3 is 2.27 bits per heavy atom. The lowest BCUT2D eigenvalue weighted by atomic mass is 10.1. The van der Waals surface area contributed by atoms with Gasteiger partial charge in [-0.2, -0.15) is 5.26 Å². The fraction of sp³-hybridized carbons (Fsp3) is 0.179. The van der Waals surface area contributed by atoms with Gasteiger partial charge in [0.1, 0.15) is 29.7 Å². The molecule has 0 saturated carbocycles. The van der Waals surface area contributed by atoms with Gasteiger partial charge in [-0.15, -0.1) is 0 Å². The van der Waals surface area contributed by atoms with Crippen LogP contribution in [-0.4, -0.2) is 38.3 Å². The lowest BCUT2D eigenvalue weighted by Gasteiger charge is -2.12. The Morgan fingerprint density at radius 1 is 0.919 bits per heavy atom. The van der Waals surface area contributed by atoms with Crippen molar-refractivity contribution >= 4 is 18.0 Å². The number of nitrogens with zero attached hydrogens (tertiary/aromatic N) is 1. The van der Waals surface area contributed by atoms with Gasteiger partial charge in [-0.1, -0.05) is 18.2 Å². The van der Waals surface area contributed by atoms with E-state index in [4.69, 9.17) is 24.1 Å². The summed E-state index contributed by atoms with van der Waals surface area (Å²) in [4.78, 5) is 23.7. The van der Waals surface area contributed by atoms with Crippen molar-refractivity contribution in [1.29, 1.82) is 5.26 Å². The number of hydrogen-bond donors (Lipinski definition) is 2. The number of methoxy groups -OCH3 is 3. The van der Waals surface area contributed by atoms with Crippen LogP contribution in [0.25, 0.3) is 6.08 Å². The number of hydrogen-bond acceptors (Lipinski definition) is 7. The largest absolute Gasteiger partial charge is 0.497 e. The van der Waals surface area contributed by atoms with Gasteiger partial charge >= 0.3 is 5.97 Å². The zero-order chi connectivity index (χ0) is 26.8. The van der Waals surface area contributed by atoms with Gasteiger partial charge < -0.3 is 29.4 Å². The van der Waals surface area contributed by atoms with Crippen molar-refractivity contribution in [2.24, 2.45) is 0 Å². The Kier molecular flexibility index (Phi) is 9.11. The van der Waals surface area contributed by atoms with Crippen molar-refractivity contribution in [1.82, 2.24) is 5.32 Å². The number of carbonyl (C=O) groups excluding carboxylic acids is 1. The van der Waals surface area contributed by atoms with E-state index in [1.807, 2.05) is 6.07 Å². The second kappa shape index (κ2) is 12.7. The Labute approximate surface area is 214 Å². The first-order valence-electron chi connectivity index (χ1n) is 11.1. The molecule has 0 aromatic heterocycles. The third kappa shape index (κ3) is 7.02. The number of aromatic carboxylic acids is 1. The van der Waals surface area contributed by atoms with Crippen LogP contribution in [0.2, 0.25) is 0 Å². The topological polar surface area (TPSA) is 127 Å². The molecular weight excluding hydrogens is 476 g/mol. The first-order chi connectivity index (χ1) is 17.9. The number of rotatable bonds is 11. The predicted octanol–water partition coefficient (Wildman–Crippen LogP) is 4.21. The molecule has 0 aliphatic carbocycles. The van der Waals surface area contributed by atoms with Crippen molar-refractivity contribution in [2.45, 2.75) is 13.2 Å². The Morgan fingerprint density at radius 2 is 1.65 bits per heavy atom. The first kappa shape index (κ1) is 26.6. The van der Waals surface area contributed by atoms with Crippen molar-refractivity contribution in [3.63, 3.8) is 0 Å². The van der Waals surface area contributed by atoms with Gasteiger partial charge in [0.25, 0.3) is 5.91 Å². The van der Waals surface area contributed by atoms with Crippen LogP contribution in [0.4, 0.5) is 0 Å². The standard InChI is InChI=1S/C28H26N2O7/c1-34-23-10-9-21(25(14-23)35-2)16-30-27(31)22(15-29)12-19-6-11-24(26(13-19)36-3)37-17-18-4-7-20(8-5-18)28(32)33/h4-14H,16-17H2,1-3H3,(H,30,31)(H,32,33)/b22-12+. The minimum atomic E-state index is -0.997. The van der Waals surface area contributed by atoms with Gasteiger partial charge in [0, 0.05) is 18.2 Å². The van der Waals surface area contributed by atoms with Crippen LogP contribution in [0.15, 0.2) is 66.2 Å². The summed E-state index contributed by atoms with van der Waals surface area (Å²) < 4.78 is 21.7. The van der Waals surface area contributed by atoms with E-state index in [0.29, 0.717) is 28.6 Å². The average molecular weight is 503 g/mol. The Bertz CT molecular complexity index is 1340. The molecular formula is C28H26N2O7. The molecule has 2 N–H and O–H groups in total. The SMILES string of the molecule is COc1ccc(CNC(=O)/C(C#N)=C/c2ccc(OCc3ccc(C(=O)O)cc3)c(OC)c2)c(OC)c1. The minimum Gasteiger partial charge on any atom is -0.497 e. The van der Waals surface area contributed by atoms with Gasteiger partial charge in [-0.05, 0) is 53.6 Å². The summed E-state index contributed by atoms with van der Waals surface area (Å²) in [6, 6.07) is 18.6. The van der Waals surface area contributed by atoms with Crippen LogP contribution in [0, 0.1) is 11.3 Å². The van der Waals surface area contributed by atoms with Crippen molar-refractivity contribution in [3.8, 4) is 29.1 Å². The fourth-order valence-corrected chi connectivity index (χ4v) is 3.38. The molecule has 0 atom stereocenters. The maximum absolute atomic E-state index is 12.7. The molecule has 0 spiro atoms. The number of amides is 1. The highest BCUT2D eigenvalue weighted by molar-refractivity contribution is 6.01. The molecule has 0 bridgehead atoms. The van der Waals surface area contributed by atoms with E-state index in [9.17, 15) is 14.9 Å². The highest BCUT2D eigenvalue weighted by atomic mass is 16.5. The summed E-state index contributed by atoms with van der Waals surface area (Å²) in [5, 5.41) is 21.3. The van der Waals surface area contributed by atoms with Crippen LogP contribution in [0.5, 0.6) is 23.0 Å². The fourth-order valence-electron chi connectivity index (χ4n) is 3.38. The highest BCUT2D eigenvalue weighted by Crippen LogP contribution is 2.30. The Balaban J connectivity index is 1.69. The van der Waals surface area contributed by atoms with Gasteiger partial charge in [-0.3, -0.25) is 4.79 Å². The zero-order valence-corrected chi connectivity index (χ0v) is 20.6. The van der Waals surface area contributed by atoms with Crippen molar-refractivity contribution < 1.29 is 33.6 Å². The lowest BCUT2D eigenvalue weighted by molar-refractivity contribution is -0.117. The number of benzene rings is 3. The first-order valence-corrected chi connectivity index (χ1v) is 11.1. The van der Waals surface area contributed by atoms with E-state index in [-0.39, 0.29) is 24.3 Å². The second-order valence-electron chi connectivity index (χ2n) is 7.73. The molecule has 9 nitrogen and oxygen atoms in total. The number of nitriles is 1. The molecule has 9 heteroatoms. The number of nitrogens with one attached hydrogen (secondary N) is 1. The van der Waals surface area contributed by atoms with E-state index in [1.165, 1.54) is 32.4 Å². The molecule has 1 amide bonds. The van der Waals surface area contributed by atoms with E-state index in [1.54, 1.807) is 55.6 Å². The van der Waals surface area contributed by atoms with Crippen LogP contribution >= 0.6 is 0 Å². The smallest absolute Gasteiger partial charge is 0.335 e. The van der Waals surface area contributed by atoms with Crippen molar-refractivity contribution in [2.75, 3.05) is 21.3 Å². The number of carboxylic acid groups (broad SMARTS) is 1. The molecule has 0 aliphatic heterocycles. The maximum Gasteiger partial charge on any atom is 0.335 e. The van der Waals surface area contributed by atoms with Gasteiger partial charge in [-0.25, -0.2) is 4.79 Å². The quantitative estimate of drug-likeness (QED) is 0.295. The molecule has 3 aromatic rings. The molecule has 190 valence electrons. The summed E-state index contributed by atoms with van der Waals surface area (Å²) in [5.41, 5.74) is 2.20. The van der Waals surface area contributed by atoms with Crippen LogP contribution in [0.1, 0.15) is 27.0 Å². The summed E-state index contributed by atoms with van der Waals surface area (Å²) in [5.74, 6) is 0.517. The lowest BCUT2D eigenvalue weighted by Crippen LogP contribution is -2.24. The summed E-state index contributed by atoms with van der Waals surface area (Å²) >= 11 is 0. The van der Waals surface area contributed by atoms with Crippen molar-refractivity contribution in [3.05, 3.63) is 88.5 Å². The number of carbonyl (C=O) groups is 2. The van der Waals surface area contributed by atoms with Crippen LogP contribution in [-0.2, 0) is 17.9 Å².